The monoisotopic (exact) mass is 320 g/mol. The minimum Gasteiger partial charge on any atom is -0.311 e. The minimum atomic E-state index is 0.864. The van der Waals surface area contributed by atoms with Gasteiger partial charge in [-0.05, 0) is 31.5 Å². The predicted molar refractivity (Wildman–Crippen MR) is 85.7 cm³/mol. The van der Waals surface area contributed by atoms with E-state index in [0.29, 0.717) is 0 Å². The van der Waals surface area contributed by atoms with Gasteiger partial charge >= 0.3 is 0 Å². The van der Waals surface area contributed by atoms with E-state index in [0.717, 1.165) is 29.6 Å². The van der Waals surface area contributed by atoms with Crippen molar-refractivity contribution in [3.05, 3.63) is 42.1 Å². The Bertz CT molecular complexity index is 499. The van der Waals surface area contributed by atoms with Crippen molar-refractivity contribution < 1.29 is 0 Å². The lowest BCUT2D eigenvalue weighted by Crippen LogP contribution is -2.15. The largest absolute Gasteiger partial charge is 0.311 e. The highest BCUT2D eigenvalue weighted by atomic mass is 79.9. The second-order valence-corrected chi connectivity index (χ2v) is 5.57. The Kier molecular flexibility index (Phi) is 6.31. The Morgan fingerprint density at radius 1 is 0.947 bits per heavy atom. The molecule has 1 aromatic heterocycles. The van der Waals surface area contributed by atoms with Gasteiger partial charge in [0.1, 0.15) is 0 Å². The Morgan fingerprint density at radius 3 is 2.68 bits per heavy atom. The first-order chi connectivity index (χ1) is 9.40. The zero-order valence-corrected chi connectivity index (χ0v) is 12.8. The zero-order chi connectivity index (χ0) is 13.3. The molecule has 0 aliphatic rings. The van der Waals surface area contributed by atoms with Gasteiger partial charge in [-0.15, -0.1) is 0 Å². The van der Waals surface area contributed by atoms with Gasteiger partial charge in [-0.3, -0.25) is 4.98 Å². The molecule has 19 heavy (non-hydrogen) atoms. The normalized spacial score (nSPS) is 11.0. The molecule has 0 unspecified atom stereocenters. The molecule has 1 aromatic carbocycles. The van der Waals surface area contributed by atoms with Crippen molar-refractivity contribution in [3.8, 4) is 0 Å². The maximum atomic E-state index is 4.65. The highest BCUT2D eigenvalue weighted by molar-refractivity contribution is 9.09. The molecule has 102 valence electrons. The van der Waals surface area contributed by atoms with E-state index >= 15 is 0 Å². The Morgan fingerprint density at radius 2 is 1.79 bits per heavy atom. The van der Waals surface area contributed by atoms with Crippen LogP contribution in [0.5, 0.6) is 0 Å². The van der Waals surface area contributed by atoms with Crippen LogP contribution in [0.1, 0.15) is 31.4 Å². The molecule has 0 fully saturated rings. The summed E-state index contributed by atoms with van der Waals surface area (Å²) in [5.41, 5.74) is 2.21. The first-order valence-electron chi connectivity index (χ1n) is 7.01. The molecule has 0 spiro atoms. The summed E-state index contributed by atoms with van der Waals surface area (Å²) in [4.78, 5) is 4.65. The summed E-state index contributed by atoms with van der Waals surface area (Å²) in [5.74, 6) is 0. The fourth-order valence-electron chi connectivity index (χ4n) is 2.12. The summed E-state index contributed by atoms with van der Waals surface area (Å²) in [6.07, 6.45) is 5.16. The van der Waals surface area contributed by atoms with Crippen LogP contribution < -0.4 is 5.32 Å². The zero-order valence-electron chi connectivity index (χ0n) is 11.2. The third-order valence-electron chi connectivity index (χ3n) is 3.20. The van der Waals surface area contributed by atoms with Crippen molar-refractivity contribution in [3.63, 3.8) is 0 Å². The molecule has 0 atom stereocenters. The number of nitrogens with one attached hydrogen (secondary N) is 1. The van der Waals surface area contributed by atoms with E-state index in [1.165, 1.54) is 31.1 Å². The number of para-hydroxylation sites is 1. The fraction of sp³-hybridized carbons (Fsp3) is 0.438. The van der Waals surface area contributed by atoms with Gasteiger partial charge in [0.2, 0.25) is 0 Å². The lowest BCUT2D eigenvalue weighted by atomic mass is 10.2. The molecule has 0 aliphatic carbocycles. The molecule has 0 saturated carbocycles. The van der Waals surface area contributed by atoms with E-state index < -0.39 is 0 Å². The number of pyridine rings is 1. The predicted octanol–water partition coefficient (Wildman–Crippen LogP) is 4.28. The van der Waals surface area contributed by atoms with Gasteiger partial charge in [0.15, 0.2) is 0 Å². The second kappa shape index (κ2) is 8.28. The van der Waals surface area contributed by atoms with Crippen LogP contribution in [0.2, 0.25) is 0 Å². The van der Waals surface area contributed by atoms with Crippen LogP contribution >= 0.6 is 15.9 Å². The van der Waals surface area contributed by atoms with Crippen molar-refractivity contribution in [2.24, 2.45) is 0 Å². The summed E-state index contributed by atoms with van der Waals surface area (Å²) in [7, 11) is 0. The number of benzene rings is 1. The van der Waals surface area contributed by atoms with E-state index in [9.17, 15) is 0 Å². The minimum absolute atomic E-state index is 0.864. The summed E-state index contributed by atoms with van der Waals surface area (Å²) in [5, 5.41) is 5.80. The van der Waals surface area contributed by atoms with Crippen molar-refractivity contribution in [2.45, 2.75) is 32.2 Å². The van der Waals surface area contributed by atoms with Gasteiger partial charge in [-0.25, -0.2) is 0 Å². The summed E-state index contributed by atoms with van der Waals surface area (Å²) in [6, 6.07) is 12.5. The number of fused-ring (bicyclic) bond motifs is 1. The molecule has 2 rings (SSSR count). The molecule has 3 heteroatoms. The third kappa shape index (κ3) is 4.92. The quantitative estimate of drug-likeness (QED) is 0.580. The number of rotatable bonds is 8. The van der Waals surface area contributed by atoms with Crippen LogP contribution in [0.25, 0.3) is 10.9 Å². The van der Waals surface area contributed by atoms with E-state index in [4.69, 9.17) is 0 Å². The number of unbranched alkanes of at least 4 members (excludes halogenated alkanes) is 3. The lowest BCUT2D eigenvalue weighted by Gasteiger charge is -2.05. The van der Waals surface area contributed by atoms with Gasteiger partial charge in [0.25, 0.3) is 0 Å². The molecule has 0 aliphatic heterocycles. The molecule has 2 aromatic rings. The molecule has 2 nitrogen and oxygen atoms in total. The SMILES string of the molecule is BrCCCCCCNCc1ccc2ccccc2n1. The Labute approximate surface area is 123 Å². The summed E-state index contributed by atoms with van der Waals surface area (Å²) < 4.78 is 0. The van der Waals surface area contributed by atoms with E-state index in [1.807, 2.05) is 6.07 Å². The number of hydrogen-bond acceptors (Lipinski definition) is 2. The molecular weight excluding hydrogens is 300 g/mol. The summed E-state index contributed by atoms with van der Waals surface area (Å²) in [6.45, 7) is 1.94. The van der Waals surface area contributed by atoms with Crippen LogP contribution in [-0.2, 0) is 6.54 Å². The lowest BCUT2D eigenvalue weighted by molar-refractivity contribution is 0.596. The summed E-state index contributed by atoms with van der Waals surface area (Å²) >= 11 is 3.46. The maximum absolute atomic E-state index is 4.65. The van der Waals surface area contributed by atoms with Crippen LogP contribution in [-0.4, -0.2) is 16.9 Å². The van der Waals surface area contributed by atoms with Crippen molar-refractivity contribution in [1.29, 1.82) is 0 Å². The number of aromatic nitrogens is 1. The van der Waals surface area contributed by atoms with Gasteiger partial charge in [0.05, 0.1) is 11.2 Å². The first kappa shape index (κ1) is 14.5. The first-order valence-corrected chi connectivity index (χ1v) is 8.13. The molecule has 0 amide bonds. The van der Waals surface area contributed by atoms with Crippen molar-refractivity contribution >= 4 is 26.8 Å². The fourth-order valence-corrected chi connectivity index (χ4v) is 2.52. The van der Waals surface area contributed by atoms with Crippen molar-refractivity contribution in [2.75, 3.05) is 11.9 Å². The highest BCUT2D eigenvalue weighted by Crippen LogP contribution is 2.11. The molecule has 0 radical (unpaired) electrons. The van der Waals surface area contributed by atoms with E-state index in [-0.39, 0.29) is 0 Å². The second-order valence-electron chi connectivity index (χ2n) is 4.78. The number of nitrogens with zero attached hydrogens (tertiary/aromatic N) is 1. The van der Waals surface area contributed by atoms with Crippen LogP contribution in [0.4, 0.5) is 0 Å². The third-order valence-corrected chi connectivity index (χ3v) is 3.76. The van der Waals surface area contributed by atoms with Crippen molar-refractivity contribution in [1.82, 2.24) is 10.3 Å². The number of alkyl halides is 1. The Balaban J connectivity index is 1.72. The smallest absolute Gasteiger partial charge is 0.0705 e. The molecule has 0 bridgehead atoms. The average Bonchev–Trinajstić information content (AvgIpc) is 2.46. The van der Waals surface area contributed by atoms with E-state index in [2.05, 4.69) is 56.6 Å². The molecule has 1 heterocycles. The molecule has 0 saturated heterocycles. The van der Waals surface area contributed by atoms with Gasteiger partial charge in [-0.1, -0.05) is 53.0 Å². The molecular formula is C16H21BrN2. The average molecular weight is 321 g/mol. The van der Waals surface area contributed by atoms with E-state index in [1.54, 1.807) is 0 Å². The number of hydrogen-bond donors (Lipinski definition) is 1. The standard InChI is InChI=1S/C16H21BrN2/c17-11-5-1-2-6-12-18-13-15-10-9-14-7-3-4-8-16(14)19-15/h3-4,7-10,18H,1-2,5-6,11-13H2. The Hall–Kier alpha value is -0.930. The van der Waals surface area contributed by atoms with Crippen LogP contribution in [0.15, 0.2) is 36.4 Å². The van der Waals surface area contributed by atoms with Gasteiger partial charge in [0, 0.05) is 17.3 Å². The van der Waals surface area contributed by atoms with Crippen LogP contribution in [0, 0.1) is 0 Å². The maximum Gasteiger partial charge on any atom is 0.0705 e. The van der Waals surface area contributed by atoms with Gasteiger partial charge in [-0.2, -0.15) is 0 Å². The topological polar surface area (TPSA) is 24.9 Å². The van der Waals surface area contributed by atoms with Gasteiger partial charge < -0.3 is 5.32 Å². The van der Waals surface area contributed by atoms with Crippen LogP contribution in [0.3, 0.4) is 0 Å². The number of halogens is 1. The highest BCUT2D eigenvalue weighted by Gasteiger charge is 1.97. The molecule has 1 N–H and O–H groups in total.